The van der Waals surface area contributed by atoms with E-state index in [9.17, 15) is 9.18 Å². The summed E-state index contributed by atoms with van der Waals surface area (Å²) in [4.78, 5) is 11.9. The Morgan fingerprint density at radius 3 is 2.62 bits per heavy atom. The molecule has 2 aromatic carbocycles. The van der Waals surface area contributed by atoms with E-state index < -0.39 is 0 Å². The monoisotopic (exact) mass is 377 g/mol. The number of hydrogen-bond acceptors (Lipinski definition) is 4. The van der Waals surface area contributed by atoms with Crippen molar-refractivity contribution in [1.29, 1.82) is 0 Å². The highest BCUT2D eigenvalue weighted by atomic mass is 32.2. The molecule has 0 fully saturated rings. The third kappa shape index (κ3) is 6.26. The summed E-state index contributed by atoms with van der Waals surface area (Å²) in [5.74, 6) is 1.97. The van der Waals surface area contributed by atoms with Gasteiger partial charge in [-0.05, 0) is 42.2 Å². The van der Waals surface area contributed by atoms with Gasteiger partial charge in [0.15, 0.2) is 11.5 Å². The average Bonchev–Trinajstić information content (AvgIpc) is 2.66. The van der Waals surface area contributed by atoms with E-state index in [0.29, 0.717) is 35.1 Å². The van der Waals surface area contributed by atoms with E-state index in [1.807, 2.05) is 18.2 Å². The number of amides is 1. The number of ether oxygens (including phenoxy) is 2. The first-order valence-electron chi connectivity index (χ1n) is 8.42. The molecule has 0 spiro atoms. The second kappa shape index (κ2) is 10.7. The van der Waals surface area contributed by atoms with Crippen LogP contribution in [-0.2, 0) is 17.0 Å². The van der Waals surface area contributed by atoms with Crippen molar-refractivity contribution >= 4 is 17.7 Å². The molecule has 0 saturated carbocycles. The van der Waals surface area contributed by atoms with Crippen LogP contribution in [0.25, 0.3) is 0 Å². The highest BCUT2D eigenvalue weighted by Crippen LogP contribution is 2.27. The molecular weight excluding hydrogens is 353 g/mol. The third-order valence-electron chi connectivity index (χ3n) is 3.86. The lowest BCUT2D eigenvalue weighted by atomic mass is 10.1. The Hall–Kier alpha value is -2.21. The number of carbonyl (C=O) groups excluding carboxylic acids is 1. The van der Waals surface area contributed by atoms with Gasteiger partial charge in [-0.3, -0.25) is 4.79 Å². The Balaban J connectivity index is 1.65. The molecular formula is C20H24FNO3S. The summed E-state index contributed by atoms with van der Waals surface area (Å²) in [5.41, 5.74) is 1.75. The van der Waals surface area contributed by atoms with E-state index >= 15 is 0 Å². The van der Waals surface area contributed by atoms with Gasteiger partial charge in [0.2, 0.25) is 5.91 Å². The minimum absolute atomic E-state index is 0.0290. The van der Waals surface area contributed by atoms with Crippen molar-refractivity contribution in [3.8, 4) is 11.5 Å². The van der Waals surface area contributed by atoms with Gasteiger partial charge in [0.05, 0.1) is 20.0 Å². The molecule has 26 heavy (non-hydrogen) atoms. The minimum atomic E-state index is -0.227. The summed E-state index contributed by atoms with van der Waals surface area (Å²) in [6.45, 7) is 0.605. The first kappa shape index (κ1) is 20.1. The van der Waals surface area contributed by atoms with Gasteiger partial charge < -0.3 is 14.8 Å². The van der Waals surface area contributed by atoms with Crippen LogP contribution in [0.2, 0.25) is 0 Å². The molecule has 0 unspecified atom stereocenters. The summed E-state index contributed by atoms with van der Waals surface area (Å²) in [6.07, 6.45) is 1.67. The molecule has 0 aliphatic rings. The van der Waals surface area contributed by atoms with Gasteiger partial charge in [-0.15, -0.1) is 11.8 Å². The molecule has 0 heterocycles. The smallest absolute Gasteiger partial charge is 0.230 e. The van der Waals surface area contributed by atoms with Crippen LogP contribution in [0.1, 0.15) is 17.5 Å². The Bertz CT molecular complexity index is 724. The molecule has 0 atom stereocenters. The van der Waals surface area contributed by atoms with Crippen LogP contribution in [-0.4, -0.2) is 32.4 Å². The predicted octanol–water partition coefficient (Wildman–Crippen LogP) is 3.83. The molecule has 0 bridgehead atoms. The molecule has 1 amide bonds. The molecule has 2 rings (SSSR count). The highest BCUT2D eigenvalue weighted by molar-refractivity contribution is 7.99. The maximum absolute atomic E-state index is 13.5. The summed E-state index contributed by atoms with van der Waals surface area (Å²) >= 11 is 1.41. The fraction of sp³-hybridized carbons (Fsp3) is 0.350. The predicted molar refractivity (Wildman–Crippen MR) is 103 cm³/mol. The number of halogens is 1. The SMILES string of the molecule is COc1ccc(CCCNC(=O)CSCc2ccccc2F)cc1OC. The Morgan fingerprint density at radius 1 is 1.12 bits per heavy atom. The van der Waals surface area contributed by atoms with Gasteiger partial charge in [0, 0.05) is 12.3 Å². The van der Waals surface area contributed by atoms with Crippen molar-refractivity contribution in [3.63, 3.8) is 0 Å². The van der Waals surface area contributed by atoms with Crippen LogP contribution < -0.4 is 14.8 Å². The lowest BCUT2D eigenvalue weighted by Gasteiger charge is -2.10. The van der Waals surface area contributed by atoms with Gasteiger partial charge >= 0.3 is 0 Å². The second-order valence-corrected chi connectivity index (χ2v) is 6.71. The summed E-state index contributed by atoms with van der Waals surface area (Å²) < 4.78 is 24.0. The van der Waals surface area contributed by atoms with Gasteiger partial charge in [0.25, 0.3) is 0 Å². The fourth-order valence-electron chi connectivity index (χ4n) is 2.48. The van der Waals surface area contributed by atoms with Crippen molar-refractivity contribution < 1.29 is 18.7 Å². The molecule has 140 valence electrons. The lowest BCUT2D eigenvalue weighted by molar-refractivity contribution is -0.118. The Labute approximate surface area is 158 Å². The minimum Gasteiger partial charge on any atom is -0.493 e. The molecule has 0 aromatic heterocycles. The van der Waals surface area contributed by atoms with Crippen LogP contribution in [0.4, 0.5) is 4.39 Å². The zero-order chi connectivity index (χ0) is 18.8. The van der Waals surface area contributed by atoms with E-state index in [4.69, 9.17) is 9.47 Å². The molecule has 0 saturated heterocycles. The first-order valence-corrected chi connectivity index (χ1v) is 9.58. The summed E-state index contributed by atoms with van der Waals surface area (Å²) in [6, 6.07) is 12.5. The van der Waals surface area contributed by atoms with E-state index in [-0.39, 0.29) is 11.7 Å². The third-order valence-corrected chi connectivity index (χ3v) is 4.84. The van der Waals surface area contributed by atoms with Gasteiger partial charge in [0.1, 0.15) is 5.82 Å². The molecule has 4 nitrogen and oxygen atoms in total. The van der Waals surface area contributed by atoms with E-state index in [2.05, 4.69) is 5.32 Å². The Morgan fingerprint density at radius 2 is 1.88 bits per heavy atom. The molecule has 6 heteroatoms. The second-order valence-electron chi connectivity index (χ2n) is 5.73. The Kier molecular flexibility index (Phi) is 8.28. The number of carbonyl (C=O) groups is 1. The maximum atomic E-state index is 13.5. The van der Waals surface area contributed by atoms with Crippen molar-refractivity contribution in [2.75, 3.05) is 26.5 Å². The topological polar surface area (TPSA) is 47.6 Å². The van der Waals surface area contributed by atoms with Crippen molar-refractivity contribution in [1.82, 2.24) is 5.32 Å². The maximum Gasteiger partial charge on any atom is 0.230 e. The van der Waals surface area contributed by atoms with Crippen LogP contribution in [0.3, 0.4) is 0 Å². The van der Waals surface area contributed by atoms with Crippen molar-refractivity contribution in [3.05, 3.63) is 59.4 Å². The van der Waals surface area contributed by atoms with Crippen LogP contribution >= 0.6 is 11.8 Å². The number of aryl methyl sites for hydroxylation is 1. The highest BCUT2D eigenvalue weighted by Gasteiger charge is 2.06. The quantitative estimate of drug-likeness (QED) is 0.640. The summed E-state index contributed by atoms with van der Waals surface area (Å²) in [5, 5.41) is 2.90. The van der Waals surface area contributed by atoms with Gasteiger partial charge in [-0.25, -0.2) is 4.39 Å². The standard InChI is InChI=1S/C20H24FNO3S/c1-24-18-10-9-15(12-19(18)25-2)6-5-11-22-20(23)14-26-13-16-7-3-4-8-17(16)21/h3-4,7-10,12H,5-6,11,13-14H2,1-2H3,(H,22,23). The zero-order valence-corrected chi connectivity index (χ0v) is 15.9. The van der Waals surface area contributed by atoms with Crippen molar-refractivity contribution in [2.24, 2.45) is 0 Å². The summed E-state index contributed by atoms with van der Waals surface area (Å²) in [7, 11) is 3.22. The van der Waals surface area contributed by atoms with Gasteiger partial charge in [-0.1, -0.05) is 24.3 Å². The fourth-order valence-corrected chi connectivity index (χ4v) is 3.32. The number of rotatable bonds is 10. The average molecular weight is 377 g/mol. The van der Waals surface area contributed by atoms with Crippen molar-refractivity contribution in [2.45, 2.75) is 18.6 Å². The van der Waals surface area contributed by atoms with E-state index in [1.165, 1.54) is 17.8 Å². The van der Waals surface area contributed by atoms with Crippen LogP contribution in [0.15, 0.2) is 42.5 Å². The van der Waals surface area contributed by atoms with Crippen LogP contribution in [0.5, 0.6) is 11.5 Å². The number of methoxy groups -OCH3 is 2. The van der Waals surface area contributed by atoms with Crippen LogP contribution in [0, 0.1) is 5.82 Å². The van der Waals surface area contributed by atoms with E-state index in [0.717, 1.165) is 18.4 Å². The number of thioether (sulfide) groups is 1. The van der Waals surface area contributed by atoms with E-state index in [1.54, 1.807) is 32.4 Å². The molecule has 2 aromatic rings. The molecule has 0 aliphatic carbocycles. The zero-order valence-electron chi connectivity index (χ0n) is 15.1. The molecule has 1 N–H and O–H groups in total. The molecule has 0 radical (unpaired) electrons. The lowest BCUT2D eigenvalue weighted by Crippen LogP contribution is -2.26. The number of nitrogens with one attached hydrogen (secondary N) is 1. The first-order chi connectivity index (χ1) is 12.6. The largest absolute Gasteiger partial charge is 0.493 e. The number of hydrogen-bond donors (Lipinski definition) is 1. The van der Waals surface area contributed by atoms with Gasteiger partial charge in [-0.2, -0.15) is 0 Å². The normalized spacial score (nSPS) is 10.4. The molecule has 0 aliphatic heterocycles. The number of benzene rings is 2.